The van der Waals surface area contributed by atoms with Gasteiger partial charge in [0.15, 0.2) is 0 Å². The first kappa shape index (κ1) is 21.2. The Labute approximate surface area is 167 Å². The zero-order valence-electron chi connectivity index (χ0n) is 17.3. The Morgan fingerprint density at radius 3 is 2.79 bits per heavy atom. The molecule has 0 radical (unpaired) electrons. The first-order valence-corrected chi connectivity index (χ1v) is 10.3. The normalized spacial score (nSPS) is 27.8. The van der Waals surface area contributed by atoms with Gasteiger partial charge in [-0.15, -0.1) is 0 Å². The van der Waals surface area contributed by atoms with Crippen LogP contribution in [0.15, 0.2) is 12.5 Å². The fourth-order valence-electron chi connectivity index (χ4n) is 4.34. The molecule has 1 aromatic heterocycles. The van der Waals surface area contributed by atoms with Gasteiger partial charge in [0.25, 0.3) is 0 Å². The summed E-state index contributed by atoms with van der Waals surface area (Å²) in [6.07, 6.45) is 5.26. The zero-order chi connectivity index (χ0) is 20.2. The van der Waals surface area contributed by atoms with E-state index in [2.05, 4.69) is 32.9 Å². The lowest BCUT2D eigenvalue weighted by Crippen LogP contribution is -2.69. The van der Waals surface area contributed by atoms with E-state index >= 15 is 0 Å². The van der Waals surface area contributed by atoms with Crippen LogP contribution in [0.25, 0.3) is 0 Å². The molecule has 2 fully saturated rings. The van der Waals surface area contributed by atoms with Gasteiger partial charge in [0.2, 0.25) is 5.91 Å². The minimum atomic E-state index is -0.749. The van der Waals surface area contributed by atoms with E-state index in [1.54, 1.807) is 0 Å². The molecule has 8 nitrogen and oxygen atoms in total. The standard InChI is InChI=1S/C20H34N4O4/c1-4-23-12-16(21-15-23)13-24-9-6-20(7-10-24)18(26)19(3,8-11-28-20)22-17(25)14-27-5-2/h12,15,18,26H,4-11,13-14H2,1-3H3,(H,22,25)/t18-,19+/m1/s1. The molecule has 8 heteroatoms. The molecule has 0 aromatic carbocycles. The number of aryl methyl sites for hydroxylation is 1. The summed E-state index contributed by atoms with van der Waals surface area (Å²) in [5, 5.41) is 14.2. The van der Waals surface area contributed by atoms with Crippen molar-refractivity contribution in [1.29, 1.82) is 0 Å². The van der Waals surface area contributed by atoms with Gasteiger partial charge >= 0.3 is 0 Å². The third-order valence-electron chi connectivity index (χ3n) is 6.11. The summed E-state index contributed by atoms with van der Waals surface area (Å²) in [5.74, 6) is -0.190. The number of hydrogen-bond acceptors (Lipinski definition) is 6. The molecule has 0 bridgehead atoms. The van der Waals surface area contributed by atoms with Gasteiger partial charge in [-0.1, -0.05) is 0 Å². The maximum atomic E-state index is 12.2. The lowest BCUT2D eigenvalue weighted by atomic mass is 9.73. The highest BCUT2D eigenvalue weighted by Crippen LogP contribution is 2.40. The van der Waals surface area contributed by atoms with E-state index in [0.717, 1.165) is 44.7 Å². The molecule has 1 amide bonds. The van der Waals surface area contributed by atoms with E-state index in [4.69, 9.17) is 9.47 Å². The van der Waals surface area contributed by atoms with Gasteiger partial charge in [0.05, 0.1) is 23.2 Å². The lowest BCUT2D eigenvalue weighted by molar-refractivity contribution is -0.208. The largest absolute Gasteiger partial charge is 0.388 e. The number of imidazole rings is 1. The smallest absolute Gasteiger partial charge is 0.246 e. The highest BCUT2D eigenvalue weighted by molar-refractivity contribution is 5.78. The molecule has 3 heterocycles. The van der Waals surface area contributed by atoms with Crippen molar-refractivity contribution in [3.63, 3.8) is 0 Å². The molecular formula is C20H34N4O4. The van der Waals surface area contributed by atoms with Crippen molar-refractivity contribution in [3.05, 3.63) is 18.2 Å². The molecule has 0 saturated carbocycles. The second-order valence-corrected chi connectivity index (χ2v) is 8.14. The molecule has 2 atom stereocenters. The number of likely N-dealkylation sites (tertiary alicyclic amines) is 1. The molecular weight excluding hydrogens is 360 g/mol. The number of carbonyl (C=O) groups excluding carboxylic acids is 1. The first-order chi connectivity index (χ1) is 13.4. The van der Waals surface area contributed by atoms with E-state index in [0.29, 0.717) is 19.6 Å². The lowest BCUT2D eigenvalue weighted by Gasteiger charge is -2.53. The van der Waals surface area contributed by atoms with Crippen molar-refractivity contribution in [2.45, 2.75) is 70.4 Å². The Bertz CT molecular complexity index is 656. The fourth-order valence-corrected chi connectivity index (χ4v) is 4.34. The number of ether oxygens (including phenoxy) is 2. The Kier molecular flexibility index (Phi) is 6.75. The Balaban J connectivity index is 1.59. The molecule has 2 N–H and O–H groups in total. The monoisotopic (exact) mass is 394 g/mol. The van der Waals surface area contributed by atoms with Gasteiger partial charge in [-0.05, 0) is 40.0 Å². The number of aromatic nitrogens is 2. The number of nitrogens with one attached hydrogen (secondary N) is 1. The van der Waals surface area contributed by atoms with Crippen molar-refractivity contribution in [2.75, 3.05) is 32.9 Å². The summed E-state index contributed by atoms with van der Waals surface area (Å²) in [6, 6.07) is 0. The van der Waals surface area contributed by atoms with Crippen molar-refractivity contribution >= 4 is 5.91 Å². The highest BCUT2D eigenvalue weighted by atomic mass is 16.5. The summed E-state index contributed by atoms with van der Waals surface area (Å²) in [4.78, 5) is 19.0. The van der Waals surface area contributed by atoms with Gasteiger partial charge < -0.3 is 24.5 Å². The molecule has 28 heavy (non-hydrogen) atoms. The fraction of sp³-hybridized carbons (Fsp3) is 0.800. The average Bonchev–Trinajstić information content (AvgIpc) is 3.14. The molecule has 0 aliphatic carbocycles. The Morgan fingerprint density at radius 1 is 1.39 bits per heavy atom. The third kappa shape index (κ3) is 4.56. The van der Waals surface area contributed by atoms with Crippen molar-refractivity contribution in [1.82, 2.24) is 19.8 Å². The number of nitrogens with zero attached hydrogens (tertiary/aromatic N) is 3. The summed E-state index contributed by atoms with van der Waals surface area (Å²) in [7, 11) is 0. The number of aliphatic hydroxyl groups excluding tert-OH is 1. The zero-order valence-corrected chi connectivity index (χ0v) is 17.3. The average molecular weight is 395 g/mol. The van der Waals surface area contributed by atoms with Crippen LogP contribution in [0.1, 0.15) is 45.7 Å². The van der Waals surface area contributed by atoms with Crippen molar-refractivity contribution in [2.24, 2.45) is 0 Å². The summed E-state index contributed by atoms with van der Waals surface area (Å²) >= 11 is 0. The maximum Gasteiger partial charge on any atom is 0.246 e. The second-order valence-electron chi connectivity index (χ2n) is 8.14. The number of aliphatic hydroxyl groups is 1. The van der Waals surface area contributed by atoms with E-state index in [1.165, 1.54) is 0 Å². The number of hydrogen-bond donors (Lipinski definition) is 2. The van der Waals surface area contributed by atoms with Gasteiger partial charge in [-0.3, -0.25) is 9.69 Å². The van der Waals surface area contributed by atoms with Crippen LogP contribution in [0.3, 0.4) is 0 Å². The van der Waals surface area contributed by atoms with Gasteiger partial charge in [-0.2, -0.15) is 0 Å². The van der Waals surface area contributed by atoms with Crippen LogP contribution in [0.5, 0.6) is 0 Å². The van der Waals surface area contributed by atoms with E-state index < -0.39 is 17.2 Å². The highest BCUT2D eigenvalue weighted by Gasteiger charge is 2.53. The number of piperidine rings is 1. The summed E-state index contributed by atoms with van der Waals surface area (Å²) in [5.41, 5.74) is -0.240. The summed E-state index contributed by atoms with van der Waals surface area (Å²) < 4.78 is 13.4. The van der Waals surface area contributed by atoms with Crippen LogP contribution in [-0.2, 0) is 27.4 Å². The molecule has 0 unspecified atom stereocenters. The third-order valence-corrected chi connectivity index (χ3v) is 6.11. The molecule has 158 valence electrons. The van der Waals surface area contributed by atoms with Crippen LogP contribution in [0.2, 0.25) is 0 Å². The molecule has 2 aliphatic rings. The summed E-state index contributed by atoms with van der Waals surface area (Å²) in [6.45, 7) is 10.3. The second kappa shape index (κ2) is 8.90. The van der Waals surface area contributed by atoms with Gasteiger partial charge in [0.1, 0.15) is 12.7 Å². The minimum Gasteiger partial charge on any atom is -0.388 e. The van der Waals surface area contributed by atoms with Crippen LogP contribution in [0.4, 0.5) is 0 Å². The van der Waals surface area contributed by atoms with Crippen molar-refractivity contribution < 1.29 is 19.4 Å². The quantitative estimate of drug-likeness (QED) is 0.715. The SMILES string of the molecule is CCOCC(=O)N[C@@]1(C)CCOC2(CCN(Cc3cn(CC)cn3)CC2)[C@@H]1O. The maximum absolute atomic E-state index is 12.2. The topological polar surface area (TPSA) is 88.9 Å². The predicted octanol–water partition coefficient (Wildman–Crippen LogP) is 0.930. The van der Waals surface area contributed by atoms with Crippen LogP contribution >= 0.6 is 0 Å². The molecule has 2 aliphatic heterocycles. The van der Waals surface area contributed by atoms with Crippen LogP contribution in [0, 0.1) is 0 Å². The number of rotatable bonds is 7. The molecule has 1 spiro atoms. The van der Waals surface area contributed by atoms with E-state index in [-0.39, 0.29) is 12.5 Å². The van der Waals surface area contributed by atoms with Gasteiger partial charge in [-0.25, -0.2) is 4.98 Å². The minimum absolute atomic E-state index is 0.0187. The van der Waals surface area contributed by atoms with Crippen molar-refractivity contribution in [3.8, 4) is 0 Å². The van der Waals surface area contributed by atoms with E-state index in [9.17, 15) is 9.90 Å². The Morgan fingerprint density at radius 2 is 2.14 bits per heavy atom. The molecule has 3 rings (SSSR count). The Hall–Kier alpha value is -1.48. The molecule has 2 saturated heterocycles. The van der Waals surface area contributed by atoms with Crippen LogP contribution < -0.4 is 5.32 Å². The number of amides is 1. The first-order valence-electron chi connectivity index (χ1n) is 10.3. The van der Waals surface area contributed by atoms with Gasteiger partial charge in [0, 0.05) is 45.6 Å². The predicted molar refractivity (Wildman–Crippen MR) is 105 cm³/mol. The molecule has 1 aromatic rings. The van der Waals surface area contributed by atoms with E-state index in [1.807, 2.05) is 20.2 Å². The van der Waals surface area contributed by atoms with Crippen LogP contribution in [-0.4, -0.2) is 75.6 Å². The number of carbonyl (C=O) groups is 1.